The Morgan fingerprint density at radius 3 is 2.88 bits per heavy atom. The summed E-state index contributed by atoms with van der Waals surface area (Å²) in [5.41, 5.74) is 5.59. The lowest BCUT2D eigenvalue weighted by Gasteiger charge is -2.33. The molecular weight excluding hydrogens is 300 g/mol. The Kier molecular flexibility index (Phi) is 5.11. The van der Waals surface area contributed by atoms with Crippen molar-refractivity contribution in [3.05, 3.63) is 53.1 Å². The number of hydrogen-bond donors (Lipinski definition) is 0. The second-order valence-corrected chi connectivity index (χ2v) is 6.65. The van der Waals surface area contributed by atoms with Gasteiger partial charge in [-0.05, 0) is 37.6 Å². The lowest BCUT2D eigenvalue weighted by Crippen LogP contribution is -2.38. The van der Waals surface area contributed by atoms with Crippen LogP contribution >= 0.6 is 0 Å². The van der Waals surface area contributed by atoms with Gasteiger partial charge < -0.3 is 9.64 Å². The molecule has 5 nitrogen and oxygen atoms in total. The standard InChI is InChI=1S/C19H26N4O/c1-14-6-5-7-20-18(14)12-23-8-9-24-19(13-23)17-11-16(22(3)4)10-15(2)21-17/h5-7,10-11,19H,8-9,12-13H2,1-4H3/t19-/m1/s1. The van der Waals surface area contributed by atoms with Crippen molar-refractivity contribution in [2.24, 2.45) is 0 Å². The van der Waals surface area contributed by atoms with Crippen LogP contribution in [0.5, 0.6) is 0 Å². The maximum Gasteiger partial charge on any atom is 0.112 e. The average molecular weight is 326 g/mol. The van der Waals surface area contributed by atoms with Gasteiger partial charge >= 0.3 is 0 Å². The number of ether oxygens (including phenoxy) is 1. The van der Waals surface area contributed by atoms with Crippen LogP contribution in [0.4, 0.5) is 5.69 Å². The molecule has 0 aromatic carbocycles. The Labute approximate surface area is 144 Å². The number of aromatic nitrogens is 2. The topological polar surface area (TPSA) is 41.5 Å². The van der Waals surface area contributed by atoms with Gasteiger partial charge in [-0.3, -0.25) is 14.9 Å². The molecule has 1 aliphatic heterocycles. The van der Waals surface area contributed by atoms with Gasteiger partial charge in [0.05, 0.1) is 18.0 Å². The van der Waals surface area contributed by atoms with E-state index in [4.69, 9.17) is 9.72 Å². The highest BCUT2D eigenvalue weighted by Crippen LogP contribution is 2.25. The molecule has 1 saturated heterocycles. The molecule has 0 unspecified atom stereocenters. The van der Waals surface area contributed by atoms with Gasteiger partial charge in [0.15, 0.2) is 0 Å². The van der Waals surface area contributed by atoms with Crippen molar-refractivity contribution in [3.63, 3.8) is 0 Å². The zero-order valence-corrected chi connectivity index (χ0v) is 15.0. The predicted molar refractivity (Wildman–Crippen MR) is 96.2 cm³/mol. The van der Waals surface area contributed by atoms with Crippen LogP contribution in [0, 0.1) is 13.8 Å². The average Bonchev–Trinajstić information content (AvgIpc) is 2.57. The van der Waals surface area contributed by atoms with Crippen LogP contribution in [-0.4, -0.2) is 48.7 Å². The van der Waals surface area contributed by atoms with Crippen molar-refractivity contribution in [2.45, 2.75) is 26.5 Å². The monoisotopic (exact) mass is 326 g/mol. The van der Waals surface area contributed by atoms with Crippen molar-refractivity contribution < 1.29 is 4.74 Å². The van der Waals surface area contributed by atoms with E-state index >= 15 is 0 Å². The number of morpholine rings is 1. The molecule has 0 aliphatic carbocycles. The molecule has 1 fully saturated rings. The first-order chi connectivity index (χ1) is 11.5. The number of rotatable bonds is 4. The van der Waals surface area contributed by atoms with E-state index in [0.717, 1.165) is 43.3 Å². The van der Waals surface area contributed by atoms with Crippen LogP contribution in [0.3, 0.4) is 0 Å². The number of hydrogen-bond acceptors (Lipinski definition) is 5. The second-order valence-electron chi connectivity index (χ2n) is 6.65. The summed E-state index contributed by atoms with van der Waals surface area (Å²) < 4.78 is 6.01. The van der Waals surface area contributed by atoms with E-state index in [9.17, 15) is 0 Å². The smallest absolute Gasteiger partial charge is 0.112 e. The first-order valence-corrected chi connectivity index (χ1v) is 8.43. The third kappa shape index (κ3) is 3.91. The minimum Gasteiger partial charge on any atom is -0.378 e. The molecule has 0 spiro atoms. The van der Waals surface area contributed by atoms with Crippen LogP contribution < -0.4 is 4.90 Å². The van der Waals surface area contributed by atoms with Crippen molar-refractivity contribution in [1.29, 1.82) is 0 Å². The molecule has 0 amide bonds. The summed E-state index contributed by atoms with van der Waals surface area (Å²) in [7, 11) is 4.10. The van der Waals surface area contributed by atoms with Crippen LogP contribution in [-0.2, 0) is 11.3 Å². The normalized spacial score (nSPS) is 18.6. The summed E-state index contributed by atoms with van der Waals surface area (Å²) in [5, 5.41) is 0. The van der Waals surface area contributed by atoms with Crippen molar-refractivity contribution in [2.75, 3.05) is 38.7 Å². The number of pyridine rings is 2. The lowest BCUT2D eigenvalue weighted by molar-refractivity contribution is -0.0354. The third-order valence-corrected chi connectivity index (χ3v) is 4.45. The number of nitrogens with zero attached hydrogens (tertiary/aromatic N) is 4. The minimum absolute atomic E-state index is 0.0152. The van der Waals surface area contributed by atoms with Crippen molar-refractivity contribution in [1.82, 2.24) is 14.9 Å². The molecule has 1 atom stereocenters. The fourth-order valence-corrected chi connectivity index (χ4v) is 3.02. The van der Waals surface area contributed by atoms with E-state index in [0.29, 0.717) is 0 Å². The molecule has 24 heavy (non-hydrogen) atoms. The maximum atomic E-state index is 6.01. The molecule has 0 bridgehead atoms. The fourth-order valence-electron chi connectivity index (χ4n) is 3.02. The summed E-state index contributed by atoms with van der Waals surface area (Å²) in [4.78, 5) is 13.7. The van der Waals surface area contributed by atoms with Crippen LogP contribution in [0.2, 0.25) is 0 Å². The molecule has 128 valence electrons. The Morgan fingerprint density at radius 2 is 2.12 bits per heavy atom. The van der Waals surface area contributed by atoms with Gasteiger partial charge in [0.1, 0.15) is 6.10 Å². The maximum absolute atomic E-state index is 6.01. The first-order valence-electron chi connectivity index (χ1n) is 8.43. The Hall–Kier alpha value is -1.98. The minimum atomic E-state index is 0.0152. The van der Waals surface area contributed by atoms with Crippen LogP contribution in [0.25, 0.3) is 0 Å². The van der Waals surface area contributed by atoms with Gasteiger partial charge in [-0.15, -0.1) is 0 Å². The van der Waals surface area contributed by atoms with E-state index in [1.807, 2.05) is 19.2 Å². The molecule has 0 N–H and O–H groups in total. The van der Waals surface area contributed by atoms with Gasteiger partial charge in [-0.2, -0.15) is 0 Å². The molecule has 1 aliphatic rings. The summed E-state index contributed by atoms with van der Waals surface area (Å²) in [6, 6.07) is 8.33. The molecule has 3 rings (SSSR count). The van der Waals surface area contributed by atoms with Gasteiger partial charge in [0.2, 0.25) is 0 Å². The second kappa shape index (κ2) is 7.28. The SMILES string of the molecule is Cc1cc(N(C)C)cc([C@H]2CN(Cc3ncccc3C)CCO2)n1. The van der Waals surface area contributed by atoms with Gasteiger partial charge in [-0.1, -0.05) is 6.07 Å². The highest BCUT2D eigenvalue weighted by molar-refractivity contribution is 5.47. The van der Waals surface area contributed by atoms with Gasteiger partial charge in [0.25, 0.3) is 0 Å². The summed E-state index contributed by atoms with van der Waals surface area (Å²) in [5.74, 6) is 0. The van der Waals surface area contributed by atoms with Gasteiger partial charge in [-0.25, -0.2) is 0 Å². The fraction of sp³-hybridized carbons (Fsp3) is 0.474. The Bertz CT molecular complexity index is 702. The van der Waals surface area contributed by atoms with Crippen molar-refractivity contribution >= 4 is 5.69 Å². The third-order valence-electron chi connectivity index (χ3n) is 4.45. The Morgan fingerprint density at radius 1 is 1.29 bits per heavy atom. The largest absolute Gasteiger partial charge is 0.378 e. The highest BCUT2D eigenvalue weighted by Gasteiger charge is 2.24. The van der Waals surface area contributed by atoms with E-state index in [1.54, 1.807) is 0 Å². The molecule has 5 heteroatoms. The summed E-state index contributed by atoms with van der Waals surface area (Å²) in [6.07, 6.45) is 1.88. The van der Waals surface area contributed by atoms with E-state index in [2.05, 4.69) is 54.0 Å². The molecule has 0 radical (unpaired) electrons. The summed E-state index contributed by atoms with van der Waals surface area (Å²) in [6.45, 7) is 7.51. The summed E-state index contributed by atoms with van der Waals surface area (Å²) >= 11 is 0. The number of aryl methyl sites for hydroxylation is 2. The highest BCUT2D eigenvalue weighted by atomic mass is 16.5. The van der Waals surface area contributed by atoms with E-state index in [-0.39, 0.29) is 6.10 Å². The van der Waals surface area contributed by atoms with E-state index < -0.39 is 0 Å². The Balaban J connectivity index is 1.75. The molecule has 3 heterocycles. The zero-order chi connectivity index (χ0) is 17.1. The molecule has 2 aromatic rings. The van der Waals surface area contributed by atoms with Crippen LogP contribution in [0.15, 0.2) is 30.5 Å². The predicted octanol–water partition coefficient (Wildman–Crippen LogP) is 2.73. The molecule has 2 aromatic heterocycles. The van der Waals surface area contributed by atoms with E-state index in [1.165, 1.54) is 11.3 Å². The zero-order valence-electron chi connectivity index (χ0n) is 15.0. The van der Waals surface area contributed by atoms with Crippen LogP contribution in [0.1, 0.15) is 28.7 Å². The first kappa shape index (κ1) is 16.9. The number of anilines is 1. The van der Waals surface area contributed by atoms with Gasteiger partial charge in [0, 0.05) is 51.3 Å². The van der Waals surface area contributed by atoms with Crippen molar-refractivity contribution in [3.8, 4) is 0 Å². The molecular formula is C19H26N4O. The lowest BCUT2D eigenvalue weighted by atomic mass is 10.1. The molecule has 0 saturated carbocycles. The quantitative estimate of drug-likeness (QED) is 0.864.